The third-order valence-corrected chi connectivity index (χ3v) is 9.28. The molecule has 10 nitrogen and oxygen atoms in total. The Bertz CT molecular complexity index is 1780. The molecule has 0 saturated carbocycles. The third kappa shape index (κ3) is 6.98. The average Bonchev–Trinajstić information content (AvgIpc) is 2.97. The van der Waals surface area contributed by atoms with Gasteiger partial charge in [-0.25, -0.2) is 21.2 Å². The molecule has 4 aromatic carbocycles. The van der Waals surface area contributed by atoms with Crippen molar-refractivity contribution in [1.29, 1.82) is 0 Å². The highest BCUT2D eigenvalue weighted by molar-refractivity contribution is 7.93. The van der Waals surface area contributed by atoms with Crippen molar-refractivity contribution in [2.24, 2.45) is 0 Å². The standard InChI is InChI=1S/C29H28FN3O7S2/c1-20-4-13-26(14-5-20)42(37,38)33(24-12-17-27(39-2)28(18-24)40-3)19-29(34)31-22-10-15-25(16-11-22)41(35,36)32-23-8-6-21(30)7-9-23/h4-18,32H,19H2,1-3H3,(H,31,34). The topological polar surface area (TPSA) is 131 Å². The lowest BCUT2D eigenvalue weighted by Crippen LogP contribution is -2.38. The molecule has 0 bridgehead atoms. The number of benzene rings is 4. The molecule has 13 heteroatoms. The number of nitrogens with one attached hydrogen (secondary N) is 2. The van der Waals surface area contributed by atoms with Gasteiger partial charge in [0.15, 0.2) is 11.5 Å². The molecular formula is C29H28FN3O7S2. The molecule has 0 radical (unpaired) electrons. The molecule has 4 aromatic rings. The lowest BCUT2D eigenvalue weighted by atomic mass is 10.2. The lowest BCUT2D eigenvalue weighted by Gasteiger charge is -2.25. The Morgan fingerprint density at radius 2 is 1.33 bits per heavy atom. The van der Waals surface area contributed by atoms with Crippen LogP contribution in [-0.4, -0.2) is 43.5 Å². The summed E-state index contributed by atoms with van der Waals surface area (Å²) in [5.41, 5.74) is 1.44. The maximum atomic E-state index is 13.7. The monoisotopic (exact) mass is 613 g/mol. The summed E-state index contributed by atoms with van der Waals surface area (Å²) in [5, 5.41) is 2.60. The first kappa shape index (κ1) is 30.3. The van der Waals surface area contributed by atoms with Crippen molar-refractivity contribution in [3.63, 3.8) is 0 Å². The number of sulfonamides is 2. The number of halogens is 1. The fourth-order valence-electron chi connectivity index (χ4n) is 3.91. The Hall–Kier alpha value is -4.62. The second-order valence-corrected chi connectivity index (χ2v) is 12.6. The van der Waals surface area contributed by atoms with Crippen molar-refractivity contribution in [1.82, 2.24) is 0 Å². The fourth-order valence-corrected chi connectivity index (χ4v) is 6.38. The minimum Gasteiger partial charge on any atom is -0.493 e. The minimum atomic E-state index is -4.20. The van der Waals surface area contributed by atoms with Gasteiger partial charge in [0.2, 0.25) is 5.91 Å². The summed E-state index contributed by atoms with van der Waals surface area (Å²) in [4.78, 5) is 13.0. The Labute approximate surface area is 243 Å². The normalized spacial score (nSPS) is 11.4. The number of aryl methyl sites for hydroxylation is 1. The molecule has 0 saturated heterocycles. The predicted octanol–water partition coefficient (Wildman–Crippen LogP) is 4.79. The van der Waals surface area contributed by atoms with Gasteiger partial charge in [-0.15, -0.1) is 0 Å². The number of hydrogen-bond donors (Lipinski definition) is 2. The molecule has 0 aliphatic rings. The SMILES string of the molecule is COc1ccc(N(CC(=O)Nc2ccc(S(=O)(=O)Nc3ccc(F)cc3)cc2)S(=O)(=O)c2ccc(C)cc2)cc1OC. The Kier molecular flexibility index (Phi) is 9.02. The van der Waals surface area contributed by atoms with Crippen LogP contribution in [0.4, 0.5) is 21.5 Å². The molecule has 0 aliphatic heterocycles. The molecule has 0 aromatic heterocycles. The van der Waals surface area contributed by atoms with Gasteiger partial charge in [0.05, 0.1) is 29.7 Å². The van der Waals surface area contributed by atoms with Crippen molar-refractivity contribution in [3.05, 3.63) is 102 Å². The van der Waals surface area contributed by atoms with Crippen LogP contribution in [0.5, 0.6) is 11.5 Å². The van der Waals surface area contributed by atoms with Gasteiger partial charge in [0.25, 0.3) is 20.0 Å². The van der Waals surface area contributed by atoms with E-state index in [-0.39, 0.29) is 32.6 Å². The van der Waals surface area contributed by atoms with Crippen LogP contribution in [0.2, 0.25) is 0 Å². The molecular weight excluding hydrogens is 585 g/mol. The van der Waals surface area contributed by atoms with Gasteiger partial charge >= 0.3 is 0 Å². The summed E-state index contributed by atoms with van der Waals surface area (Å²) in [5.74, 6) is -0.539. The van der Waals surface area contributed by atoms with Crippen LogP contribution >= 0.6 is 0 Å². The molecule has 1 amide bonds. The van der Waals surface area contributed by atoms with E-state index in [0.29, 0.717) is 5.75 Å². The van der Waals surface area contributed by atoms with E-state index in [9.17, 15) is 26.0 Å². The van der Waals surface area contributed by atoms with Gasteiger partial charge < -0.3 is 14.8 Å². The zero-order chi connectivity index (χ0) is 30.5. The highest BCUT2D eigenvalue weighted by atomic mass is 32.2. The Morgan fingerprint density at radius 3 is 1.93 bits per heavy atom. The Morgan fingerprint density at radius 1 is 0.762 bits per heavy atom. The van der Waals surface area contributed by atoms with Crippen LogP contribution < -0.4 is 23.8 Å². The van der Waals surface area contributed by atoms with E-state index in [1.54, 1.807) is 12.1 Å². The second kappa shape index (κ2) is 12.5. The summed E-state index contributed by atoms with van der Waals surface area (Å²) in [6, 6.07) is 20.8. The number of hydrogen-bond acceptors (Lipinski definition) is 7. The number of methoxy groups -OCH3 is 2. The number of nitrogens with zero attached hydrogens (tertiary/aromatic N) is 1. The van der Waals surface area contributed by atoms with Gasteiger partial charge in [-0.1, -0.05) is 17.7 Å². The van der Waals surface area contributed by atoms with Crippen LogP contribution in [-0.2, 0) is 24.8 Å². The first-order chi connectivity index (χ1) is 19.9. The summed E-state index contributed by atoms with van der Waals surface area (Å²) < 4.78 is 79.8. The van der Waals surface area contributed by atoms with Crippen molar-refractivity contribution >= 4 is 43.0 Å². The maximum Gasteiger partial charge on any atom is 0.264 e. The molecule has 0 aliphatic carbocycles. The number of rotatable bonds is 11. The molecule has 42 heavy (non-hydrogen) atoms. The second-order valence-electron chi connectivity index (χ2n) is 9.05. The highest BCUT2D eigenvalue weighted by Gasteiger charge is 2.28. The van der Waals surface area contributed by atoms with E-state index < -0.39 is 38.3 Å². The van der Waals surface area contributed by atoms with Crippen molar-refractivity contribution in [2.45, 2.75) is 16.7 Å². The maximum absolute atomic E-state index is 13.7. The van der Waals surface area contributed by atoms with E-state index in [4.69, 9.17) is 9.47 Å². The highest BCUT2D eigenvalue weighted by Crippen LogP contribution is 2.34. The molecule has 0 atom stereocenters. The van der Waals surface area contributed by atoms with Gasteiger partial charge in [-0.05, 0) is 79.7 Å². The fraction of sp³-hybridized carbons (Fsp3) is 0.138. The minimum absolute atomic E-state index is 0.0149. The predicted molar refractivity (Wildman–Crippen MR) is 158 cm³/mol. The molecule has 0 heterocycles. The molecule has 0 unspecified atom stereocenters. The quantitative estimate of drug-likeness (QED) is 0.249. The van der Waals surface area contributed by atoms with E-state index in [0.717, 1.165) is 22.0 Å². The lowest BCUT2D eigenvalue weighted by molar-refractivity contribution is -0.114. The van der Waals surface area contributed by atoms with E-state index in [1.165, 1.54) is 80.9 Å². The smallest absolute Gasteiger partial charge is 0.264 e. The molecule has 4 rings (SSSR count). The van der Waals surface area contributed by atoms with Crippen LogP contribution in [0.3, 0.4) is 0 Å². The zero-order valence-corrected chi connectivity index (χ0v) is 24.5. The van der Waals surface area contributed by atoms with Gasteiger partial charge in [-0.3, -0.25) is 13.8 Å². The first-order valence-electron chi connectivity index (χ1n) is 12.4. The first-order valence-corrected chi connectivity index (χ1v) is 15.3. The average molecular weight is 614 g/mol. The van der Waals surface area contributed by atoms with Crippen LogP contribution in [0.25, 0.3) is 0 Å². The summed E-state index contributed by atoms with van der Waals surface area (Å²) in [7, 11) is -5.33. The number of ether oxygens (including phenoxy) is 2. The van der Waals surface area contributed by atoms with Crippen LogP contribution in [0.15, 0.2) is 101 Å². The van der Waals surface area contributed by atoms with E-state index in [2.05, 4.69) is 10.0 Å². The van der Waals surface area contributed by atoms with E-state index in [1.807, 2.05) is 6.92 Å². The van der Waals surface area contributed by atoms with Gasteiger partial charge in [0.1, 0.15) is 12.4 Å². The van der Waals surface area contributed by atoms with Gasteiger partial charge in [-0.2, -0.15) is 0 Å². The van der Waals surface area contributed by atoms with Crippen molar-refractivity contribution in [2.75, 3.05) is 35.1 Å². The van der Waals surface area contributed by atoms with E-state index >= 15 is 0 Å². The van der Waals surface area contributed by atoms with Crippen molar-refractivity contribution < 1.29 is 35.5 Å². The van der Waals surface area contributed by atoms with Crippen LogP contribution in [0, 0.1) is 12.7 Å². The van der Waals surface area contributed by atoms with Crippen LogP contribution in [0.1, 0.15) is 5.56 Å². The zero-order valence-electron chi connectivity index (χ0n) is 22.9. The largest absolute Gasteiger partial charge is 0.493 e. The number of anilines is 3. The molecule has 0 fully saturated rings. The number of carbonyl (C=O) groups is 1. The number of carbonyl (C=O) groups excluding carboxylic acids is 1. The third-order valence-electron chi connectivity index (χ3n) is 6.10. The van der Waals surface area contributed by atoms with Crippen molar-refractivity contribution in [3.8, 4) is 11.5 Å². The summed E-state index contributed by atoms with van der Waals surface area (Å²) >= 11 is 0. The van der Waals surface area contributed by atoms with Gasteiger partial charge in [0, 0.05) is 17.4 Å². The summed E-state index contributed by atoms with van der Waals surface area (Å²) in [6.07, 6.45) is 0. The molecule has 2 N–H and O–H groups in total. The number of amides is 1. The summed E-state index contributed by atoms with van der Waals surface area (Å²) in [6.45, 7) is 1.23. The Balaban J connectivity index is 1.57. The molecule has 220 valence electrons. The molecule has 0 spiro atoms.